The van der Waals surface area contributed by atoms with Gasteiger partial charge in [-0.15, -0.1) is 0 Å². The molecule has 2 heterocycles. The largest absolute Gasteiger partial charge is 0.458 e. The third kappa shape index (κ3) is 3.60. The van der Waals surface area contributed by atoms with Crippen molar-refractivity contribution >= 4 is 5.97 Å². The van der Waals surface area contributed by atoms with Gasteiger partial charge in [-0.25, -0.2) is 4.79 Å². The quantitative estimate of drug-likeness (QED) is 0.317. The van der Waals surface area contributed by atoms with E-state index in [2.05, 4.69) is 13.0 Å². The molecule has 9 nitrogen and oxygen atoms in total. The summed E-state index contributed by atoms with van der Waals surface area (Å²) < 4.78 is 17.2. The van der Waals surface area contributed by atoms with Gasteiger partial charge in [0.1, 0.15) is 12.7 Å². The molecule has 38 heavy (non-hydrogen) atoms. The van der Waals surface area contributed by atoms with Gasteiger partial charge in [-0.3, -0.25) is 0 Å². The van der Waals surface area contributed by atoms with Crippen LogP contribution in [0.15, 0.2) is 11.6 Å². The lowest BCUT2D eigenvalue weighted by molar-refractivity contribution is -0.284. The average Bonchev–Trinajstić information content (AvgIpc) is 3.41. The van der Waals surface area contributed by atoms with Crippen LogP contribution in [0, 0.1) is 39.9 Å². The first-order chi connectivity index (χ1) is 18.0. The molecule has 0 unspecified atom stereocenters. The Kier molecular flexibility index (Phi) is 6.31. The van der Waals surface area contributed by atoms with Crippen molar-refractivity contribution < 1.29 is 39.4 Å². The second-order valence-corrected chi connectivity index (χ2v) is 13.2. The van der Waals surface area contributed by atoms with Gasteiger partial charge in [0.25, 0.3) is 0 Å². The van der Waals surface area contributed by atoms with Gasteiger partial charge in [-0.05, 0) is 81.6 Å². The third-order valence-corrected chi connectivity index (χ3v) is 11.8. The van der Waals surface area contributed by atoms with Gasteiger partial charge in [0.05, 0.1) is 41.0 Å². The lowest BCUT2D eigenvalue weighted by Gasteiger charge is -2.64. The zero-order chi connectivity index (χ0) is 27.1. The molecule has 4 saturated carbocycles. The number of fused-ring (bicyclic) bond motifs is 5. The lowest BCUT2D eigenvalue weighted by atomic mass is 9.41. The zero-order valence-electron chi connectivity index (χ0n) is 22.3. The minimum Gasteiger partial charge on any atom is -0.458 e. The second-order valence-electron chi connectivity index (χ2n) is 13.2. The predicted molar refractivity (Wildman–Crippen MR) is 133 cm³/mol. The summed E-state index contributed by atoms with van der Waals surface area (Å²) in [5.41, 5.74) is -2.59. The predicted octanol–water partition coefficient (Wildman–Crippen LogP) is 2.10. The fraction of sp³-hybridized carbons (Fsp3) is 0.862. The van der Waals surface area contributed by atoms with Crippen molar-refractivity contribution in [3.63, 3.8) is 0 Å². The number of carbonyl (C=O) groups excluding carboxylic acids is 1. The zero-order valence-corrected chi connectivity index (χ0v) is 22.3. The SMILES string of the molecule is C[C@H]1O[C@@H](O[C@@H]2CC[C@]3(C#N)[C@H]4CC[C@]5(C)[C@H](C6=CC(=O)OC6)CC[C@]5(O)[C@@H]4CC[C@]3(O)C2)C[C@@H](O)[C@@H]1O. The average molecular weight is 532 g/mol. The Morgan fingerprint density at radius 2 is 1.84 bits per heavy atom. The molecule has 0 aromatic heterocycles. The molecule has 0 radical (unpaired) electrons. The first kappa shape index (κ1) is 26.7. The summed E-state index contributed by atoms with van der Waals surface area (Å²) in [4.78, 5) is 11.8. The Balaban J connectivity index is 1.22. The number of hydrogen-bond donors (Lipinski definition) is 4. The number of nitrogens with zero attached hydrogens (tertiary/aromatic N) is 1. The van der Waals surface area contributed by atoms with Gasteiger partial charge < -0.3 is 34.6 Å². The number of rotatable bonds is 3. The van der Waals surface area contributed by atoms with Crippen LogP contribution < -0.4 is 0 Å². The van der Waals surface area contributed by atoms with Crippen molar-refractivity contribution in [2.45, 2.75) is 120 Å². The molecule has 5 fully saturated rings. The summed E-state index contributed by atoms with van der Waals surface area (Å²) in [6, 6.07) is 2.59. The Bertz CT molecular complexity index is 1050. The van der Waals surface area contributed by atoms with Crippen molar-refractivity contribution in [2.24, 2.45) is 28.6 Å². The van der Waals surface area contributed by atoms with Crippen molar-refractivity contribution in [3.8, 4) is 6.07 Å². The van der Waals surface area contributed by atoms with Crippen LogP contribution in [0.1, 0.15) is 78.1 Å². The van der Waals surface area contributed by atoms with Gasteiger partial charge in [0.2, 0.25) is 0 Å². The first-order valence-corrected chi connectivity index (χ1v) is 14.4. The van der Waals surface area contributed by atoms with Crippen molar-refractivity contribution in [2.75, 3.05) is 6.61 Å². The van der Waals surface area contributed by atoms with E-state index in [1.807, 2.05) is 0 Å². The fourth-order valence-electron chi connectivity index (χ4n) is 9.69. The van der Waals surface area contributed by atoms with Crippen LogP contribution in [0.25, 0.3) is 0 Å². The molecule has 0 aromatic carbocycles. The molecule has 0 amide bonds. The molecule has 1 saturated heterocycles. The number of esters is 1. The standard InChI is InChI=1S/C29H41NO8/c1-16-25(33)22(31)12-24(37-16)38-18-3-8-27(15-30)20-4-7-26(2)19(17-11-23(32)36-14-17)6-10-29(26,35)21(20)5-9-28(27,34)13-18/h11,16,18-22,24-25,31,33-35H,3-10,12-14H2,1-2H3/t16-,18-,19+,20+,21-,22-,24+,25-,26-,27+,28+,29+/m1/s1. The minimum absolute atomic E-state index is 0.0784. The molecule has 6 aliphatic rings. The van der Waals surface area contributed by atoms with Gasteiger partial charge in [-0.1, -0.05) is 6.92 Å². The lowest BCUT2D eigenvalue weighted by Crippen LogP contribution is -2.68. The summed E-state index contributed by atoms with van der Waals surface area (Å²) in [6.45, 7) is 4.14. The van der Waals surface area contributed by atoms with E-state index in [0.29, 0.717) is 45.1 Å². The molecule has 4 N–H and O–H groups in total. The highest BCUT2D eigenvalue weighted by Gasteiger charge is 2.72. The topological polar surface area (TPSA) is 149 Å². The van der Waals surface area contributed by atoms with E-state index >= 15 is 0 Å². The first-order valence-electron chi connectivity index (χ1n) is 14.4. The normalized spacial score (nSPS) is 54.2. The van der Waals surface area contributed by atoms with Crippen LogP contribution in [0.2, 0.25) is 0 Å². The number of aliphatic hydroxyl groups excluding tert-OH is 2. The van der Waals surface area contributed by atoms with Gasteiger partial charge in [-0.2, -0.15) is 5.26 Å². The fourth-order valence-corrected chi connectivity index (χ4v) is 9.69. The molecule has 0 bridgehead atoms. The maximum Gasteiger partial charge on any atom is 0.331 e. The van der Waals surface area contributed by atoms with Gasteiger partial charge in [0.15, 0.2) is 6.29 Å². The van der Waals surface area contributed by atoms with E-state index in [0.717, 1.165) is 24.8 Å². The Morgan fingerprint density at radius 1 is 1.08 bits per heavy atom. The van der Waals surface area contributed by atoms with Crippen LogP contribution >= 0.6 is 0 Å². The molecule has 210 valence electrons. The molecular formula is C29H41NO8. The summed E-state index contributed by atoms with van der Waals surface area (Å²) in [5, 5.41) is 55.2. The summed E-state index contributed by atoms with van der Waals surface area (Å²) in [7, 11) is 0. The van der Waals surface area contributed by atoms with Gasteiger partial charge in [0, 0.05) is 24.3 Å². The van der Waals surface area contributed by atoms with E-state index in [9.17, 15) is 30.5 Å². The van der Waals surface area contributed by atoms with E-state index in [4.69, 9.17) is 14.2 Å². The summed E-state index contributed by atoms with van der Waals surface area (Å²) >= 11 is 0. The third-order valence-electron chi connectivity index (χ3n) is 11.8. The number of cyclic esters (lactones) is 1. The van der Waals surface area contributed by atoms with Crippen LogP contribution in [-0.2, 0) is 19.0 Å². The minimum atomic E-state index is -1.24. The molecular weight excluding hydrogens is 490 g/mol. The molecule has 4 aliphatic carbocycles. The maximum absolute atomic E-state index is 12.4. The Morgan fingerprint density at radius 3 is 2.53 bits per heavy atom. The maximum atomic E-state index is 12.4. The van der Waals surface area contributed by atoms with Gasteiger partial charge >= 0.3 is 5.97 Å². The number of ether oxygens (including phenoxy) is 3. The molecule has 0 spiro atoms. The van der Waals surface area contributed by atoms with Crippen LogP contribution in [0.3, 0.4) is 0 Å². The number of carbonyl (C=O) groups is 1. The van der Waals surface area contributed by atoms with E-state index in [1.165, 1.54) is 0 Å². The highest BCUT2D eigenvalue weighted by molar-refractivity contribution is 5.85. The van der Waals surface area contributed by atoms with Crippen molar-refractivity contribution in [1.82, 2.24) is 0 Å². The Hall–Kier alpha value is -1.54. The molecule has 6 rings (SSSR count). The monoisotopic (exact) mass is 531 g/mol. The number of nitriles is 1. The second kappa shape index (κ2) is 8.98. The smallest absolute Gasteiger partial charge is 0.331 e. The number of aliphatic hydroxyl groups is 4. The van der Waals surface area contributed by atoms with Crippen molar-refractivity contribution in [3.05, 3.63) is 11.6 Å². The highest BCUT2D eigenvalue weighted by atomic mass is 16.7. The highest BCUT2D eigenvalue weighted by Crippen LogP contribution is 2.70. The van der Waals surface area contributed by atoms with Crippen molar-refractivity contribution in [1.29, 1.82) is 5.26 Å². The summed E-state index contributed by atoms with van der Waals surface area (Å²) in [5.74, 6) is -0.449. The van der Waals surface area contributed by atoms with E-state index < -0.39 is 46.6 Å². The molecule has 9 heteroatoms. The molecule has 12 atom stereocenters. The van der Waals surface area contributed by atoms with E-state index in [1.54, 1.807) is 13.0 Å². The summed E-state index contributed by atoms with van der Waals surface area (Å²) in [6.07, 6.45) is 3.63. The Labute approximate surface area is 223 Å². The molecule has 2 aliphatic heterocycles. The number of hydrogen-bond acceptors (Lipinski definition) is 9. The van der Waals surface area contributed by atoms with E-state index in [-0.39, 0.29) is 36.2 Å². The van der Waals surface area contributed by atoms with Crippen LogP contribution in [-0.4, -0.2) is 74.9 Å². The van der Waals surface area contributed by atoms with Crippen LogP contribution in [0.4, 0.5) is 0 Å². The molecule has 0 aromatic rings. The van der Waals surface area contributed by atoms with Crippen LogP contribution in [0.5, 0.6) is 0 Å².